The monoisotopic (exact) mass is 266 g/mol. The molecule has 1 unspecified atom stereocenters. The number of hydrogen-bond donors (Lipinski definition) is 1. The van der Waals surface area contributed by atoms with Crippen LogP contribution in [0.4, 0.5) is 0 Å². The molecule has 2 rings (SSSR count). The van der Waals surface area contributed by atoms with E-state index in [1.807, 2.05) is 11.3 Å². The Kier molecular flexibility index (Phi) is 5.67. The van der Waals surface area contributed by atoms with Crippen LogP contribution in [0.25, 0.3) is 0 Å². The molecule has 0 saturated carbocycles. The molecule has 2 heterocycles. The average Bonchev–Trinajstić information content (AvgIpc) is 2.84. The van der Waals surface area contributed by atoms with Crippen molar-refractivity contribution in [3.05, 3.63) is 22.4 Å². The van der Waals surface area contributed by atoms with Crippen molar-refractivity contribution in [1.82, 2.24) is 10.2 Å². The number of hydrogen-bond acceptors (Lipinski definition) is 3. The van der Waals surface area contributed by atoms with Gasteiger partial charge in [-0.15, -0.1) is 11.3 Å². The van der Waals surface area contributed by atoms with Crippen LogP contribution in [0.15, 0.2) is 17.5 Å². The average molecular weight is 266 g/mol. The maximum Gasteiger partial charge on any atom is 0.00940 e. The van der Waals surface area contributed by atoms with Gasteiger partial charge in [-0.3, -0.25) is 0 Å². The van der Waals surface area contributed by atoms with Gasteiger partial charge in [-0.25, -0.2) is 0 Å². The van der Waals surface area contributed by atoms with Crippen molar-refractivity contribution in [2.45, 2.75) is 51.6 Å². The molecule has 0 aromatic carbocycles. The van der Waals surface area contributed by atoms with Crippen molar-refractivity contribution in [3.63, 3.8) is 0 Å². The lowest BCUT2D eigenvalue weighted by atomic mass is 10.0. The van der Waals surface area contributed by atoms with Crippen LogP contribution in [-0.2, 0) is 6.42 Å². The van der Waals surface area contributed by atoms with E-state index >= 15 is 0 Å². The SMILES string of the molecule is CCCN1CCC(NC(C)Cc2cccs2)CC1. The number of thiophene rings is 1. The van der Waals surface area contributed by atoms with Crippen molar-refractivity contribution in [2.75, 3.05) is 19.6 Å². The van der Waals surface area contributed by atoms with Gasteiger partial charge in [0.1, 0.15) is 0 Å². The second-order valence-electron chi connectivity index (χ2n) is 5.47. The third-order valence-corrected chi connectivity index (χ3v) is 4.63. The molecule has 1 aliphatic rings. The van der Waals surface area contributed by atoms with Crippen molar-refractivity contribution >= 4 is 11.3 Å². The number of nitrogens with zero attached hydrogens (tertiary/aromatic N) is 1. The summed E-state index contributed by atoms with van der Waals surface area (Å²) in [6.45, 7) is 8.41. The van der Waals surface area contributed by atoms with E-state index in [0.29, 0.717) is 6.04 Å². The van der Waals surface area contributed by atoms with Gasteiger partial charge in [0.2, 0.25) is 0 Å². The summed E-state index contributed by atoms with van der Waals surface area (Å²) in [5.41, 5.74) is 0. The predicted molar refractivity (Wildman–Crippen MR) is 80.4 cm³/mol. The molecule has 3 heteroatoms. The smallest absolute Gasteiger partial charge is 0.00940 e. The molecule has 0 radical (unpaired) electrons. The Morgan fingerprint density at radius 1 is 1.44 bits per heavy atom. The Balaban J connectivity index is 1.68. The van der Waals surface area contributed by atoms with E-state index in [0.717, 1.165) is 6.04 Å². The zero-order valence-electron chi connectivity index (χ0n) is 11.7. The van der Waals surface area contributed by atoms with Crippen LogP contribution in [0, 0.1) is 0 Å². The van der Waals surface area contributed by atoms with Crippen molar-refractivity contribution < 1.29 is 0 Å². The number of piperidine rings is 1. The van der Waals surface area contributed by atoms with Crippen molar-refractivity contribution in [3.8, 4) is 0 Å². The van der Waals surface area contributed by atoms with Crippen molar-refractivity contribution in [1.29, 1.82) is 0 Å². The van der Waals surface area contributed by atoms with Crippen LogP contribution in [0.1, 0.15) is 38.0 Å². The fraction of sp³-hybridized carbons (Fsp3) is 0.733. The summed E-state index contributed by atoms with van der Waals surface area (Å²) in [5, 5.41) is 5.97. The van der Waals surface area contributed by atoms with E-state index in [4.69, 9.17) is 0 Å². The summed E-state index contributed by atoms with van der Waals surface area (Å²) in [6, 6.07) is 5.72. The Labute approximate surface area is 115 Å². The third kappa shape index (κ3) is 4.38. The van der Waals surface area contributed by atoms with Crippen LogP contribution in [0.2, 0.25) is 0 Å². The van der Waals surface area contributed by atoms with Gasteiger partial charge in [0.25, 0.3) is 0 Å². The van der Waals surface area contributed by atoms with E-state index < -0.39 is 0 Å². The molecular formula is C15H26N2S. The minimum Gasteiger partial charge on any atom is -0.311 e. The largest absolute Gasteiger partial charge is 0.311 e. The summed E-state index contributed by atoms with van der Waals surface area (Å²) in [7, 11) is 0. The van der Waals surface area contributed by atoms with Gasteiger partial charge >= 0.3 is 0 Å². The fourth-order valence-corrected chi connectivity index (χ4v) is 3.67. The Hall–Kier alpha value is -0.380. The van der Waals surface area contributed by atoms with Crippen LogP contribution in [-0.4, -0.2) is 36.6 Å². The number of likely N-dealkylation sites (tertiary alicyclic amines) is 1. The van der Waals surface area contributed by atoms with Crippen LogP contribution >= 0.6 is 11.3 Å². The molecule has 0 bridgehead atoms. The summed E-state index contributed by atoms with van der Waals surface area (Å²) in [5.74, 6) is 0. The summed E-state index contributed by atoms with van der Waals surface area (Å²) in [4.78, 5) is 4.10. The van der Waals surface area contributed by atoms with Gasteiger partial charge in [-0.1, -0.05) is 13.0 Å². The lowest BCUT2D eigenvalue weighted by Crippen LogP contribution is -2.46. The molecular weight excluding hydrogens is 240 g/mol. The van der Waals surface area contributed by atoms with Crippen molar-refractivity contribution in [2.24, 2.45) is 0 Å². The first-order chi connectivity index (χ1) is 8.78. The van der Waals surface area contributed by atoms with Gasteiger partial charge in [0.15, 0.2) is 0 Å². The Morgan fingerprint density at radius 2 is 2.22 bits per heavy atom. The molecule has 2 nitrogen and oxygen atoms in total. The van der Waals surface area contributed by atoms with Gasteiger partial charge in [0, 0.05) is 17.0 Å². The van der Waals surface area contributed by atoms with E-state index in [1.54, 1.807) is 0 Å². The zero-order valence-corrected chi connectivity index (χ0v) is 12.5. The topological polar surface area (TPSA) is 15.3 Å². The highest BCUT2D eigenvalue weighted by Gasteiger charge is 2.19. The minimum absolute atomic E-state index is 0.603. The molecule has 18 heavy (non-hydrogen) atoms. The summed E-state index contributed by atoms with van der Waals surface area (Å²) >= 11 is 1.87. The van der Waals surface area contributed by atoms with Crippen LogP contribution in [0.3, 0.4) is 0 Å². The molecule has 1 atom stereocenters. The number of nitrogens with one attached hydrogen (secondary N) is 1. The maximum absolute atomic E-state index is 3.80. The maximum atomic E-state index is 3.80. The van der Waals surface area contributed by atoms with Crippen LogP contribution < -0.4 is 5.32 Å². The lowest BCUT2D eigenvalue weighted by molar-refractivity contribution is 0.192. The second kappa shape index (κ2) is 7.27. The normalized spacial score (nSPS) is 20.1. The van der Waals surface area contributed by atoms with Gasteiger partial charge < -0.3 is 10.2 Å². The van der Waals surface area contributed by atoms with E-state index in [1.165, 1.54) is 50.2 Å². The lowest BCUT2D eigenvalue weighted by Gasteiger charge is -2.33. The van der Waals surface area contributed by atoms with Crippen LogP contribution in [0.5, 0.6) is 0 Å². The van der Waals surface area contributed by atoms with E-state index in [9.17, 15) is 0 Å². The Morgan fingerprint density at radius 3 is 2.83 bits per heavy atom. The van der Waals surface area contributed by atoms with Gasteiger partial charge in [-0.2, -0.15) is 0 Å². The van der Waals surface area contributed by atoms with Gasteiger partial charge in [-0.05, 0) is 63.7 Å². The second-order valence-corrected chi connectivity index (χ2v) is 6.50. The first kappa shape index (κ1) is 14.0. The first-order valence-electron chi connectivity index (χ1n) is 7.28. The highest BCUT2D eigenvalue weighted by atomic mass is 32.1. The molecule has 1 aromatic heterocycles. The fourth-order valence-electron chi connectivity index (χ4n) is 2.83. The van der Waals surface area contributed by atoms with Gasteiger partial charge in [0.05, 0.1) is 0 Å². The first-order valence-corrected chi connectivity index (χ1v) is 8.16. The van der Waals surface area contributed by atoms with E-state index in [-0.39, 0.29) is 0 Å². The quantitative estimate of drug-likeness (QED) is 0.851. The predicted octanol–water partition coefficient (Wildman–Crippen LogP) is 3.14. The molecule has 102 valence electrons. The molecule has 0 amide bonds. The summed E-state index contributed by atoms with van der Waals surface area (Å²) in [6.07, 6.45) is 5.09. The molecule has 1 aromatic rings. The molecule has 1 aliphatic heterocycles. The zero-order chi connectivity index (χ0) is 12.8. The summed E-state index contributed by atoms with van der Waals surface area (Å²) < 4.78 is 0. The molecule has 0 spiro atoms. The highest BCUT2D eigenvalue weighted by Crippen LogP contribution is 2.14. The molecule has 0 aliphatic carbocycles. The third-order valence-electron chi connectivity index (χ3n) is 3.74. The number of rotatable bonds is 6. The Bertz CT molecular complexity index is 315. The molecule has 1 saturated heterocycles. The molecule has 1 fully saturated rings. The highest BCUT2D eigenvalue weighted by molar-refractivity contribution is 7.09. The minimum atomic E-state index is 0.603. The van der Waals surface area contributed by atoms with E-state index in [2.05, 4.69) is 41.6 Å². The molecule has 1 N–H and O–H groups in total. The standard InChI is InChI=1S/C15H26N2S/c1-3-8-17-9-6-14(7-10-17)16-13(2)12-15-5-4-11-18-15/h4-5,11,13-14,16H,3,6-10,12H2,1-2H3.